The van der Waals surface area contributed by atoms with Gasteiger partial charge in [0.05, 0.1) is 6.61 Å². The van der Waals surface area contributed by atoms with E-state index < -0.39 is 11.7 Å². The number of hydrogen-bond acceptors (Lipinski definition) is 7. The van der Waals surface area contributed by atoms with E-state index in [2.05, 4.69) is 20.1 Å². The van der Waals surface area contributed by atoms with Crippen molar-refractivity contribution in [1.29, 1.82) is 0 Å². The van der Waals surface area contributed by atoms with Gasteiger partial charge in [0.2, 0.25) is 5.88 Å². The Balaban J connectivity index is 1.37. The maximum atomic E-state index is 13.1. The minimum atomic E-state index is -4.49. The average Bonchev–Trinajstić information content (AvgIpc) is 3.23. The van der Waals surface area contributed by atoms with Gasteiger partial charge in [0.15, 0.2) is 0 Å². The lowest BCUT2D eigenvalue weighted by Crippen LogP contribution is -2.38. The van der Waals surface area contributed by atoms with Gasteiger partial charge in [0.25, 0.3) is 0 Å². The molecule has 0 spiro atoms. The maximum Gasteiger partial charge on any atom is 0.421 e. The van der Waals surface area contributed by atoms with Gasteiger partial charge in [-0.15, -0.1) is 10.2 Å². The minimum absolute atomic E-state index is 0.129. The van der Waals surface area contributed by atoms with Gasteiger partial charge in [-0.2, -0.15) is 13.2 Å². The second-order valence-electron chi connectivity index (χ2n) is 6.86. The van der Waals surface area contributed by atoms with Crippen molar-refractivity contribution in [3.8, 4) is 16.5 Å². The lowest BCUT2D eigenvalue weighted by atomic mass is 10.1. The summed E-state index contributed by atoms with van der Waals surface area (Å²) >= 11 is 1.34. The Morgan fingerprint density at radius 3 is 2.47 bits per heavy atom. The van der Waals surface area contributed by atoms with Crippen molar-refractivity contribution < 1.29 is 23.0 Å². The third kappa shape index (κ3) is 4.54. The third-order valence-electron chi connectivity index (χ3n) is 4.88. The standard InChI is InChI=1S/C20H19F3N4O2S/c21-20(22,23)16-2-1-9-24-18(16)29-15-7-10-27(11-8-15)14-5-3-13(4-6-14)19-26-25-17(12-28)30-19/h1-6,9,15,28H,7-8,10-12H2. The van der Waals surface area contributed by atoms with Gasteiger partial charge in [0, 0.05) is 43.4 Å². The number of pyridine rings is 1. The smallest absolute Gasteiger partial charge is 0.421 e. The van der Waals surface area contributed by atoms with E-state index in [0.717, 1.165) is 22.3 Å². The SMILES string of the molecule is OCc1nnc(-c2ccc(N3CCC(Oc4ncccc4C(F)(F)F)CC3)cc2)s1. The normalized spacial score (nSPS) is 15.4. The van der Waals surface area contributed by atoms with Crippen LogP contribution < -0.4 is 9.64 Å². The number of ether oxygens (including phenoxy) is 1. The number of anilines is 1. The molecule has 3 heterocycles. The van der Waals surface area contributed by atoms with Crippen LogP contribution in [0.5, 0.6) is 5.88 Å². The van der Waals surface area contributed by atoms with Crippen LogP contribution in [0.25, 0.3) is 10.6 Å². The van der Waals surface area contributed by atoms with Crippen molar-refractivity contribution in [3.05, 3.63) is 53.2 Å². The van der Waals surface area contributed by atoms with E-state index in [-0.39, 0.29) is 18.6 Å². The van der Waals surface area contributed by atoms with Gasteiger partial charge in [-0.1, -0.05) is 11.3 Å². The van der Waals surface area contributed by atoms with Crippen LogP contribution in [-0.4, -0.2) is 39.5 Å². The molecule has 1 N–H and O–H groups in total. The summed E-state index contributed by atoms with van der Waals surface area (Å²) in [7, 11) is 0. The number of aromatic nitrogens is 3. The van der Waals surface area contributed by atoms with Crippen LogP contribution >= 0.6 is 11.3 Å². The predicted octanol–water partition coefficient (Wildman–Crippen LogP) is 4.16. The van der Waals surface area contributed by atoms with E-state index in [9.17, 15) is 13.2 Å². The number of halogens is 3. The molecule has 1 aliphatic rings. The molecule has 0 amide bonds. The summed E-state index contributed by atoms with van der Waals surface area (Å²) in [6.07, 6.45) is -2.29. The number of aliphatic hydroxyl groups excluding tert-OH is 1. The van der Waals surface area contributed by atoms with Crippen LogP contribution in [0, 0.1) is 0 Å². The Morgan fingerprint density at radius 2 is 1.83 bits per heavy atom. The Morgan fingerprint density at radius 1 is 1.10 bits per heavy atom. The summed E-state index contributed by atoms with van der Waals surface area (Å²) in [5.41, 5.74) is 1.10. The van der Waals surface area contributed by atoms with Crippen molar-refractivity contribution in [2.45, 2.75) is 31.7 Å². The average molecular weight is 436 g/mol. The summed E-state index contributed by atoms with van der Waals surface area (Å²) in [5.74, 6) is -0.355. The largest absolute Gasteiger partial charge is 0.474 e. The zero-order chi connectivity index (χ0) is 21.1. The number of alkyl halides is 3. The fraction of sp³-hybridized carbons (Fsp3) is 0.350. The van der Waals surface area contributed by atoms with Crippen molar-refractivity contribution >= 4 is 17.0 Å². The molecular formula is C20H19F3N4O2S. The van der Waals surface area contributed by atoms with Crippen LogP contribution in [0.1, 0.15) is 23.4 Å². The highest BCUT2D eigenvalue weighted by atomic mass is 32.1. The third-order valence-corrected chi connectivity index (χ3v) is 5.84. The lowest BCUT2D eigenvalue weighted by Gasteiger charge is -2.33. The maximum absolute atomic E-state index is 13.1. The van der Waals surface area contributed by atoms with E-state index in [1.54, 1.807) is 0 Å². The zero-order valence-corrected chi connectivity index (χ0v) is 16.7. The topological polar surface area (TPSA) is 71.4 Å². The molecule has 30 heavy (non-hydrogen) atoms. The first kappa shape index (κ1) is 20.5. The van der Waals surface area contributed by atoms with Gasteiger partial charge in [0.1, 0.15) is 21.7 Å². The molecule has 0 aliphatic carbocycles. The van der Waals surface area contributed by atoms with Crippen molar-refractivity contribution in [2.24, 2.45) is 0 Å². The summed E-state index contributed by atoms with van der Waals surface area (Å²) in [6, 6.07) is 10.1. The number of benzene rings is 1. The highest BCUT2D eigenvalue weighted by Gasteiger charge is 2.36. The Hall–Kier alpha value is -2.72. The molecule has 0 radical (unpaired) electrons. The molecule has 1 fully saturated rings. The van der Waals surface area contributed by atoms with Crippen molar-refractivity contribution in [1.82, 2.24) is 15.2 Å². The fourth-order valence-corrected chi connectivity index (χ4v) is 4.04. The monoisotopic (exact) mass is 436 g/mol. The Bertz CT molecular complexity index is 986. The summed E-state index contributed by atoms with van der Waals surface area (Å²) in [5, 5.41) is 18.4. The molecule has 6 nitrogen and oxygen atoms in total. The van der Waals surface area contributed by atoms with Gasteiger partial charge in [-0.3, -0.25) is 0 Å². The predicted molar refractivity (Wildman–Crippen MR) is 106 cm³/mol. The van der Waals surface area contributed by atoms with E-state index in [4.69, 9.17) is 9.84 Å². The lowest BCUT2D eigenvalue weighted by molar-refractivity contribution is -0.139. The Labute approximate surface area is 175 Å². The highest BCUT2D eigenvalue weighted by Crippen LogP contribution is 2.36. The first-order valence-electron chi connectivity index (χ1n) is 9.41. The van der Waals surface area contributed by atoms with Crippen LogP contribution in [0.2, 0.25) is 0 Å². The number of hydrogen-bond donors (Lipinski definition) is 1. The van der Waals surface area contributed by atoms with Gasteiger partial charge < -0.3 is 14.7 Å². The summed E-state index contributed by atoms with van der Waals surface area (Å²) in [6.45, 7) is 1.22. The molecule has 1 saturated heterocycles. The second-order valence-corrected chi connectivity index (χ2v) is 7.93. The van der Waals surface area contributed by atoms with E-state index in [1.807, 2.05) is 24.3 Å². The Kier molecular flexibility index (Phi) is 5.87. The molecule has 0 atom stereocenters. The molecule has 3 aromatic rings. The zero-order valence-electron chi connectivity index (χ0n) is 15.8. The van der Waals surface area contributed by atoms with Crippen LogP contribution in [-0.2, 0) is 12.8 Å². The minimum Gasteiger partial charge on any atom is -0.474 e. The molecule has 158 valence electrons. The first-order valence-corrected chi connectivity index (χ1v) is 10.2. The first-order chi connectivity index (χ1) is 14.4. The van der Waals surface area contributed by atoms with E-state index >= 15 is 0 Å². The molecule has 0 saturated carbocycles. The summed E-state index contributed by atoms with van der Waals surface area (Å²) in [4.78, 5) is 5.95. The molecule has 2 aromatic heterocycles. The van der Waals surface area contributed by atoms with E-state index in [1.165, 1.54) is 23.6 Å². The molecule has 0 unspecified atom stereocenters. The van der Waals surface area contributed by atoms with Crippen LogP contribution in [0.4, 0.5) is 18.9 Å². The second kappa shape index (κ2) is 8.57. The van der Waals surface area contributed by atoms with Crippen molar-refractivity contribution in [3.63, 3.8) is 0 Å². The molecular weight excluding hydrogens is 417 g/mol. The number of piperidine rings is 1. The quantitative estimate of drug-likeness (QED) is 0.648. The fourth-order valence-electron chi connectivity index (χ4n) is 3.34. The van der Waals surface area contributed by atoms with Gasteiger partial charge in [-0.25, -0.2) is 4.98 Å². The van der Waals surface area contributed by atoms with Gasteiger partial charge >= 0.3 is 6.18 Å². The molecule has 10 heteroatoms. The number of nitrogens with zero attached hydrogens (tertiary/aromatic N) is 4. The molecule has 1 aromatic carbocycles. The molecule has 1 aliphatic heterocycles. The van der Waals surface area contributed by atoms with E-state index in [0.29, 0.717) is 30.9 Å². The van der Waals surface area contributed by atoms with Crippen molar-refractivity contribution in [2.75, 3.05) is 18.0 Å². The highest BCUT2D eigenvalue weighted by molar-refractivity contribution is 7.14. The van der Waals surface area contributed by atoms with Crippen LogP contribution in [0.15, 0.2) is 42.6 Å². The van der Waals surface area contributed by atoms with Gasteiger partial charge in [-0.05, 0) is 36.4 Å². The molecule has 0 bridgehead atoms. The summed E-state index contributed by atoms with van der Waals surface area (Å²) < 4.78 is 44.9. The number of aliphatic hydroxyl groups is 1. The van der Waals surface area contributed by atoms with Crippen LogP contribution in [0.3, 0.4) is 0 Å². The number of rotatable bonds is 5. The molecule has 4 rings (SSSR count).